The lowest BCUT2D eigenvalue weighted by Crippen LogP contribution is -1.99. The molecule has 0 aliphatic carbocycles. The molecule has 0 saturated carbocycles. The van der Waals surface area contributed by atoms with Gasteiger partial charge in [0.1, 0.15) is 17.3 Å². The summed E-state index contributed by atoms with van der Waals surface area (Å²) in [5.74, 6) is -0.232. The number of hydrogen-bond donors (Lipinski definition) is 0. The van der Waals surface area contributed by atoms with Crippen LogP contribution in [0.5, 0.6) is 0 Å². The fourth-order valence-electron chi connectivity index (χ4n) is 1.96. The first kappa shape index (κ1) is 13.0. The molecule has 94 valence electrons. The quantitative estimate of drug-likeness (QED) is 0.777. The van der Waals surface area contributed by atoms with Gasteiger partial charge in [0.05, 0.1) is 5.69 Å². The normalized spacial score (nSPS) is 10.7. The maximum absolute atomic E-state index is 13.6. The molecule has 0 radical (unpaired) electrons. The van der Waals surface area contributed by atoms with Crippen LogP contribution in [0.4, 0.5) is 4.39 Å². The van der Waals surface area contributed by atoms with Gasteiger partial charge in [-0.25, -0.2) is 14.4 Å². The largest absolute Gasteiger partial charge is 0.236 e. The summed E-state index contributed by atoms with van der Waals surface area (Å²) in [7, 11) is 0. The van der Waals surface area contributed by atoms with Crippen molar-refractivity contribution in [1.82, 2.24) is 9.97 Å². The Hall–Kier alpha value is -1.48. The standard InChI is InChI=1S/C14H14ClFN2/c1-3-5-11-13(17-8-18-14(11)15)10-6-4-7-12(16)9(10)2/h4,6-8H,3,5H2,1-2H3. The number of halogens is 2. The Labute approximate surface area is 111 Å². The highest BCUT2D eigenvalue weighted by Crippen LogP contribution is 2.29. The van der Waals surface area contributed by atoms with E-state index in [1.165, 1.54) is 12.4 Å². The summed E-state index contributed by atoms with van der Waals surface area (Å²) in [6, 6.07) is 4.99. The highest BCUT2D eigenvalue weighted by molar-refractivity contribution is 6.30. The molecule has 0 N–H and O–H groups in total. The van der Waals surface area contributed by atoms with E-state index in [-0.39, 0.29) is 5.82 Å². The van der Waals surface area contributed by atoms with E-state index in [0.29, 0.717) is 10.7 Å². The average molecular weight is 265 g/mol. The second-order valence-electron chi connectivity index (χ2n) is 4.15. The van der Waals surface area contributed by atoms with Crippen LogP contribution in [0.2, 0.25) is 5.15 Å². The van der Waals surface area contributed by atoms with Crippen LogP contribution in [0.15, 0.2) is 24.5 Å². The van der Waals surface area contributed by atoms with Crippen LogP contribution in [0.25, 0.3) is 11.3 Å². The SMILES string of the molecule is CCCc1c(Cl)ncnc1-c1cccc(F)c1C. The first-order valence-electron chi connectivity index (χ1n) is 5.90. The van der Waals surface area contributed by atoms with Gasteiger partial charge in [-0.1, -0.05) is 37.1 Å². The van der Waals surface area contributed by atoms with Gasteiger partial charge in [0.2, 0.25) is 0 Å². The number of hydrogen-bond acceptors (Lipinski definition) is 2. The maximum Gasteiger partial charge on any atom is 0.136 e. The van der Waals surface area contributed by atoms with E-state index in [4.69, 9.17) is 11.6 Å². The molecule has 18 heavy (non-hydrogen) atoms. The molecule has 4 heteroatoms. The van der Waals surface area contributed by atoms with Crippen LogP contribution in [-0.2, 0) is 6.42 Å². The summed E-state index contributed by atoms with van der Waals surface area (Å²) >= 11 is 6.11. The van der Waals surface area contributed by atoms with Crippen LogP contribution < -0.4 is 0 Å². The lowest BCUT2D eigenvalue weighted by atomic mass is 9.99. The van der Waals surface area contributed by atoms with Crippen molar-refractivity contribution >= 4 is 11.6 Å². The first-order valence-corrected chi connectivity index (χ1v) is 6.27. The van der Waals surface area contributed by atoms with Crippen LogP contribution in [0.3, 0.4) is 0 Å². The molecule has 1 aromatic heterocycles. The Morgan fingerprint density at radius 1 is 1.28 bits per heavy atom. The molecule has 2 aromatic rings. The molecule has 0 amide bonds. The summed E-state index contributed by atoms with van der Waals surface area (Å²) in [6.45, 7) is 3.81. The molecule has 2 nitrogen and oxygen atoms in total. The van der Waals surface area contributed by atoms with Gasteiger partial charge in [-0.05, 0) is 25.0 Å². The van der Waals surface area contributed by atoms with Crippen molar-refractivity contribution in [3.63, 3.8) is 0 Å². The highest BCUT2D eigenvalue weighted by Gasteiger charge is 2.14. The van der Waals surface area contributed by atoms with E-state index in [0.717, 1.165) is 29.7 Å². The number of rotatable bonds is 3. The van der Waals surface area contributed by atoms with Gasteiger partial charge in [-0.15, -0.1) is 0 Å². The molecule has 0 aliphatic heterocycles. The third-order valence-corrected chi connectivity index (χ3v) is 3.24. The Morgan fingerprint density at radius 2 is 2.06 bits per heavy atom. The molecule has 1 heterocycles. The van der Waals surface area contributed by atoms with Crippen LogP contribution in [-0.4, -0.2) is 9.97 Å². The second kappa shape index (κ2) is 5.44. The minimum atomic E-state index is -0.232. The lowest BCUT2D eigenvalue weighted by Gasteiger charge is -2.11. The summed E-state index contributed by atoms with van der Waals surface area (Å²) in [4.78, 5) is 8.26. The zero-order chi connectivity index (χ0) is 13.1. The molecule has 0 spiro atoms. The predicted octanol–water partition coefficient (Wildman–Crippen LogP) is 4.20. The molecule has 0 fully saturated rings. The Morgan fingerprint density at radius 3 is 2.78 bits per heavy atom. The third kappa shape index (κ3) is 2.36. The summed E-state index contributed by atoms with van der Waals surface area (Å²) in [6.07, 6.45) is 3.14. The number of benzene rings is 1. The zero-order valence-electron chi connectivity index (χ0n) is 10.4. The smallest absolute Gasteiger partial charge is 0.136 e. The van der Waals surface area contributed by atoms with Crippen molar-refractivity contribution in [2.24, 2.45) is 0 Å². The van der Waals surface area contributed by atoms with Crippen LogP contribution in [0, 0.1) is 12.7 Å². The van der Waals surface area contributed by atoms with Crippen molar-refractivity contribution in [3.8, 4) is 11.3 Å². The molecule has 2 rings (SSSR count). The predicted molar refractivity (Wildman–Crippen MR) is 71.2 cm³/mol. The van der Waals surface area contributed by atoms with Crippen LogP contribution >= 0.6 is 11.6 Å². The Bertz CT molecular complexity index is 570. The minimum Gasteiger partial charge on any atom is -0.236 e. The summed E-state index contributed by atoms with van der Waals surface area (Å²) < 4.78 is 13.6. The van der Waals surface area contributed by atoms with Gasteiger partial charge >= 0.3 is 0 Å². The Kier molecular flexibility index (Phi) is 3.92. The Balaban J connectivity index is 2.63. The second-order valence-corrected chi connectivity index (χ2v) is 4.51. The summed E-state index contributed by atoms with van der Waals surface area (Å²) in [5.41, 5.74) is 2.98. The van der Waals surface area contributed by atoms with Gasteiger partial charge in [0.25, 0.3) is 0 Å². The van der Waals surface area contributed by atoms with Crippen molar-refractivity contribution in [2.45, 2.75) is 26.7 Å². The fourth-order valence-corrected chi connectivity index (χ4v) is 2.19. The van der Waals surface area contributed by atoms with Gasteiger partial charge < -0.3 is 0 Å². The van der Waals surface area contributed by atoms with Crippen molar-refractivity contribution in [1.29, 1.82) is 0 Å². The van der Waals surface area contributed by atoms with E-state index in [1.807, 2.05) is 6.07 Å². The molecule has 0 bridgehead atoms. The molecule has 0 aliphatic rings. The fraction of sp³-hybridized carbons (Fsp3) is 0.286. The van der Waals surface area contributed by atoms with Gasteiger partial charge in [0.15, 0.2) is 0 Å². The van der Waals surface area contributed by atoms with Gasteiger partial charge in [0, 0.05) is 11.1 Å². The van der Waals surface area contributed by atoms with Gasteiger partial charge in [-0.3, -0.25) is 0 Å². The zero-order valence-corrected chi connectivity index (χ0v) is 11.1. The average Bonchev–Trinajstić information content (AvgIpc) is 2.36. The molecular weight excluding hydrogens is 251 g/mol. The maximum atomic E-state index is 13.6. The molecule has 0 saturated heterocycles. The van der Waals surface area contributed by atoms with E-state index >= 15 is 0 Å². The summed E-state index contributed by atoms with van der Waals surface area (Å²) in [5, 5.41) is 0.450. The van der Waals surface area contributed by atoms with E-state index in [1.54, 1.807) is 13.0 Å². The monoisotopic (exact) mass is 264 g/mol. The molecule has 0 unspecified atom stereocenters. The number of aromatic nitrogens is 2. The van der Waals surface area contributed by atoms with Crippen molar-refractivity contribution in [3.05, 3.63) is 46.6 Å². The third-order valence-electron chi connectivity index (χ3n) is 2.92. The molecule has 1 aromatic carbocycles. The highest BCUT2D eigenvalue weighted by atomic mass is 35.5. The van der Waals surface area contributed by atoms with Crippen molar-refractivity contribution in [2.75, 3.05) is 0 Å². The van der Waals surface area contributed by atoms with Crippen molar-refractivity contribution < 1.29 is 4.39 Å². The minimum absolute atomic E-state index is 0.232. The first-order chi connectivity index (χ1) is 8.65. The van der Waals surface area contributed by atoms with E-state index < -0.39 is 0 Å². The van der Waals surface area contributed by atoms with Gasteiger partial charge in [-0.2, -0.15) is 0 Å². The van der Waals surface area contributed by atoms with Crippen LogP contribution in [0.1, 0.15) is 24.5 Å². The topological polar surface area (TPSA) is 25.8 Å². The molecule has 0 atom stereocenters. The molecular formula is C14H14ClFN2. The van der Waals surface area contributed by atoms with E-state index in [2.05, 4.69) is 16.9 Å². The number of nitrogens with zero attached hydrogens (tertiary/aromatic N) is 2. The lowest BCUT2D eigenvalue weighted by molar-refractivity contribution is 0.619. The van der Waals surface area contributed by atoms with E-state index in [9.17, 15) is 4.39 Å².